The monoisotopic (exact) mass is 291 g/mol. The summed E-state index contributed by atoms with van der Waals surface area (Å²) < 4.78 is 54.2. The van der Waals surface area contributed by atoms with Gasteiger partial charge in [0.05, 0.1) is 11.3 Å². The first-order valence-electron chi connectivity index (χ1n) is 5.69. The third kappa shape index (κ3) is 3.98. The van der Waals surface area contributed by atoms with Crippen LogP contribution in [-0.2, 0) is 11.4 Å². The Morgan fingerprint density at radius 1 is 1.32 bits per heavy atom. The zero-order valence-corrected chi connectivity index (χ0v) is 12.0. The SMILES string of the molecule is C/C(=N\[S@@+]([O-])C(C)(C)C)c1cccc(C(F)F)c1F. The Kier molecular flexibility index (Phi) is 5.04. The van der Waals surface area contributed by atoms with Gasteiger partial charge in [-0.2, -0.15) is 0 Å². The van der Waals surface area contributed by atoms with Gasteiger partial charge in [-0.05, 0) is 27.7 Å². The lowest BCUT2D eigenvalue weighted by molar-refractivity contribution is 0.146. The minimum absolute atomic E-state index is 0.0459. The van der Waals surface area contributed by atoms with Crippen LogP contribution < -0.4 is 0 Å². The second-order valence-electron chi connectivity index (χ2n) is 5.05. The summed E-state index contributed by atoms with van der Waals surface area (Å²) in [6.45, 7) is 6.64. The van der Waals surface area contributed by atoms with Crippen LogP contribution in [0.1, 0.15) is 45.2 Å². The van der Waals surface area contributed by atoms with Crippen LogP contribution in [0.15, 0.2) is 22.6 Å². The van der Waals surface area contributed by atoms with Gasteiger partial charge in [0.25, 0.3) is 6.43 Å². The lowest BCUT2D eigenvalue weighted by Gasteiger charge is -2.19. The largest absolute Gasteiger partial charge is 0.591 e. The van der Waals surface area contributed by atoms with Crippen LogP contribution in [0.2, 0.25) is 0 Å². The number of rotatable bonds is 3. The van der Waals surface area contributed by atoms with Crippen molar-refractivity contribution in [2.75, 3.05) is 0 Å². The van der Waals surface area contributed by atoms with Crippen molar-refractivity contribution in [3.05, 3.63) is 35.1 Å². The van der Waals surface area contributed by atoms with Gasteiger partial charge in [0.15, 0.2) is 0 Å². The van der Waals surface area contributed by atoms with Crippen LogP contribution >= 0.6 is 0 Å². The molecule has 0 aliphatic carbocycles. The molecule has 0 unspecified atom stereocenters. The van der Waals surface area contributed by atoms with E-state index in [0.29, 0.717) is 0 Å². The molecule has 0 saturated heterocycles. The quantitative estimate of drug-likeness (QED) is 0.611. The van der Waals surface area contributed by atoms with Crippen molar-refractivity contribution >= 4 is 17.1 Å². The van der Waals surface area contributed by atoms with Gasteiger partial charge in [-0.1, -0.05) is 22.6 Å². The minimum Gasteiger partial charge on any atom is -0.591 e. The summed E-state index contributed by atoms with van der Waals surface area (Å²) in [5.41, 5.74) is -0.572. The number of alkyl halides is 2. The van der Waals surface area contributed by atoms with Gasteiger partial charge >= 0.3 is 0 Å². The Bertz CT molecular complexity index is 483. The van der Waals surface area contributed by atoms with Crippen LogP contribution in [0, 0.1) is 5.82 Å². The summed E-state index contributed by atoms with van der Waals surface area (Å²) in [5.74, 6) is -1.01. The second kappa shape index (κ2) is 5.96. The summed E-state index contributed by atoms with van der Waals surface area (Å²) in [7, 11) is 0. The van der Waals surface area contributed by atoms with Gasteiger partial charge in [-0.15, -0.1) is 0 Å². The van der Waals surface area contributed by atoms with Crippen molar-refractivity contribution < 1.29 is 17.7 Å². The molecule has 2 nitrogen and oxygen atoms in total. The van der Waals surface area contributed by atoms with E-state index in [1.54, 1.807) is 20.8 Å². The van der Waals surface area contributed by atoms with Crippen molar-refractivity contribution in [2.24, 2.45) is 4.40 Å². The Balaban J connectivity index is 3.17. The third-order valence-corrected chi connectivity index (χ3v) is 3.88. The second-order valence-corrected chi connectivity index (χ2v) is 6.95. The Labute approximate surface area is 114 Å². The Morgan fingerprint density at radius 2 is 1.89 bits per heavy atom. The van der Waals surface area contributed by atoms with Gasteiger partial charge in [0, 0.05) is 5.56 Å². The number of hydrogen-bond acceptors (Lipinski definition) is 2. The van der Waals surface area contributed by atoms with Gasteiger partial charge < -0.3 is 4.55 Å². The highest BCUT2D eigenvalue weighted by molar-refractivity contribution is 7.91. The molecule has 1 atom stereocenters. The molecule has 1 rings (SSSR count). The van der Waals surface area contributed by atoms with E-state index in [1.807, 2.05) is 0 Å². The maximum absolute atomic E-state index is 13.9. The van der Waals surface area contributed by atoms with E-state index in [0.717, 1.165) is 6.07 Å². The predicted octanol–water partition coefficient (Wildman–Crippen LogP) is 4.03. The molecule has 0 saturated carbocycles. The fourth-order valence-electron chi connectivity index (χ4n) is 1.31. The van der Waals surface area contributed by atoms with E-state index < -0.39 is 33.9 Å². The van der Waals surface area contributed by atoms with E-state index in [2.05, 4.69) is 4.40 Å². The Hall–Kier alpha value is -1.01. The first kappa shape index (κ1) is 16.0. The van der Waals surface area contributed by atoms with Gasteiger partial charge in [0.1, 0.15) is 21.9 Å². The molecule has 0 heterocycles. The fourth-order valence-corrected chi connectivity index (χ4v) is 1.93. The highest BCUT2D eigenvalue weighted by atomic mass is 32.2. The average molecular weight is 291 g/mol. The molecular weight excluding hydrogens is 275 g/mol. The maximum atomic E-state index is 13.9. The highest BCUT2D eigenvalue weighted by Gasteiger charge is 2.27. The minimum atomic E-state index is -2.89. The summed E-state index contributed by atoms with van der Waals surface area (Å²) in [6.07, 6.45) is -2.89. The number of benzene rings is 1. The van der Waals surface area contributed by atoms with Crippen LogP contribution in [0.3, 0.4) is 0 Å². The molecule has 0 fully saturated rings. The average Bonchev–Trinajstić information content (AvgIpc) is 2.27. The lowest BCUT2D eigenvalue weighted by atomic mass is 10.1. The van der Waals surface area contributed by atoms with E-state index in [4.69, 9.17) is 0 Å². The van der Waals surface area contributed by atoms with Crippen molar-refractivity contribution in [1.82, 2.24) is 0 Å². The first-order chi connectivity index (χ1) is 8.64. The summed E-state index contributed by atoms with van der Waals surface area (Å²) in [4.78, 5) is 0. The van der Waals surface area contributed by atoms with Crippen LogP contribution in [0.5, 0.6) is 0 Å². The van der Waals surface area contributed by atoms with E-state index in [9.17, 15) is 17.7 Å². The normalized spacial score (nSPS) is 14.9. The number of hydrogen-bond donors (Lipinski definition) is 0. The maximum Gasteiger partial charge on any atom is 0.266 e. The smallest absolute Gasteiger partial charge is 0.266 e. The van der Waals surface area contributed by atoms with E-state index >= 15 is 0 Å². The van der Waals surface area contributed by atoms with Crippen molar-refractivity contribution in [3.63, 3.8) is 0 Å². The van der Waals surface area contributed by atoms with Crippen molar-refractivity contribution in [3.8, 4) is 0 Å². The molecule has 0 spiro atoms. The molecule has 1 aromatic carbocycles. The topological polar surface area (TPSA) is 35.4 Å². The molecule has 19 heavy (non-hydrogen) atoms. The van der Waals surface area contributed by atoms with Gasteiger partial charge in [0.2, 0.25) is 0 Å². The summed E-state index contributed by atoms with van der Waals surface area (Å²) >= 11 is -1.56. The molecule has 0 aliphatic heterocycles. The molecule has 1 aromatic rings. The summed E-state index contributed by atoms with van der Waals surface area (Å²) in [5, 5.41) is 0. The van der Waals surface area contributed by atoms with Crippen molar-refractivity contribution in [2.45, 2.75) is 38.9 Å². The van der Waals surface area contributed by atoms with E-state index in [-0.39, 0.29) is 11.3 Å². The zero-order valence-electron chi connectivity index (χ0n) is 11.2. The summed E-state index contributed by atoms with van der Waals surface area (Å²) in [6, 6.07) is 3.70. The van der Waals surface area contributed by atoms with Crippen LogP contribution in [0.25, 0.3) is 0 Å². The molecule has 0 aromatic heterocycles. The van der Waals surface area contributed by atoms with E-state index in [1.165, 1.54) is 19.1 Å². The third-order valence-electron chi connectivity index (χ3n) is 2.40. The number of halogens is 3. The highest BCUT2D eigenvalue weighted by Crippen LogP contribution is 2.25. The zero-order chi connectivity index (χ0) is 14.8. The van der Waals surface area contributed by atoms with Crippen molar-refractivity contribution in [1.29, 1.82) is 0 Å². The van der Waals surface area contributed by atoms with Gasteiger partial charge in [-0.3, -0.25) is 0 Å². The first-order valence-corrected chi connectivity index (χ1v) is 6.79. The lowest BCUT2D eigenvalue weighted by Crippen LogP contribution is -2.26. The standard InChI is InChI=1S/C13H16F3NOS/c1-8(17-19(18)13(2,3)4)9-6-5-7-10(11(9)14)12(15)16/h5-7,12H,1-4H3/b17-8+/t19-/m0/s1. The molecule has 106 valence electrons. The molecule has 6 heteroatoms. The van der Waals surface area contributed by atoms with Gasteiger partial charge in [-0.25, -0.2) is 13.2 Å². The van der Waals surface area contributed by atoms with Crippen LogP contribution in [-0.4, -0.2) is 15.0 Å². The molecule has 0 radical (unpaired) electrons. The van der Waals surface area contributed by atoms with Crippen LogP contribution in [0.4, 0.5) is 13.2 Å². The Morgan fingerprint density at radius 3 is 2.37 bits per heavy atom. The molecule has 0 N–H and O–H groups in total. The molecule has 0 aliphatic rings. The molecule has 0 bridgehead atoms. The molecular formula is C13H16F3NOS. The fraction of sp³-hybridized carbons (Fsp3) is 0.462. The molecule has 0 amide bonds. The number of nitrogens with zero attached hydrogens (tertiary/aromatic N) is 1. The predicted molar refractivity (Wildman–Crippen MR) is 71.5 cm³/mol.